The van der Waals surface area contributed by atoms with Crippen molar-refractivity contribution in [2.24, 2.45) is 10.8 Å². The van der Waals surface area contributed by atoms with E-state index < -0.39 is 58.8 Å². The summed E-state index contributed by atoms with van der Waals surface area (Å²) in [6.07, 6.45) is 5.13. The number of aliphatic hydroxyl groups excluding tert-OH is 2. The lowest BCUT2D eigenvalue weighted by atomic mass is 9.51. The highest BCUT2D eigenvalue weighted by atomic mass is 16.6. The summed E-state index contributed by atoms with van der Waals surface area (Å²) >= 11 is 0. The molecule has 1 saturated carbocycles. The topological polar surface area (TPSA) is 141 Å². The molecule has 3 aliphatic heterocycles. The van der Waals surface area contributed by atoms with Crippen molar-refractivity contribution in [3.05, 3.63) is 47.6 Å². The van der Waals surface area contributed by atoms with Gasteiger partial charge in [-0.25, -0.2) is 14.4 Å². The van der Waals surface area contributed by atoms with Crippen molar-refractivity contribution in [1.82, 2.24) is 0 Å². The Hall–Kier alpha value is -2.79. The molecular formula is C27H32O10. The van der Waals surface area contributed by atoms with E-state index in [1.165, 1.54) is 25.2 Å². The number of hydrogen-bond acceptors (Lipinski definition) is 10. The fourth-order valence-corrected chi connectivity index (χ4v) is 6.45. The first-order valence-electron chi connectivity index (χ1n) is 12.4. The first kappa shape index (κ1) is 25.8. The summed E-state index contributed by atoms with van der Waals surface area (Å²) in [6, 6.07) is 0. The van der Waals surface area contributed by atoms with E-state index >= 15 is 0 Å². The number of hydrogen-bond donors (Lipinski definition) is 2. The molecule has 200 valence electrons. The molecule has 2 aliphatic carbocycles. The first-order valence-corrected chi connectivity index (χ1v) is 12.4. The maximum absolute atomic E-state index is 12.8. The van der Waals surface area contributed by atoms with Gasteiger partial charge in [-0.3, -0.25) is 0 Å². The summed E-state index contributed by atoms with van der Waals surface area (Å²) in [5.41, 5.74) is -1.53. The molecule has 2 bridgehead atoms. The molecule has 8 atom stereocenters. The zero-order valence-corrected chi connectivity index (χ0v) is 21.0. The predicted molar refractivity (Wildman–Crippen MR) is 127 cm³/mol. The fourth-order valence-electron chi connectivity index (χ4n) is 6.45. The van der Waals surface area contributed by atoms with Crippen LogP contribution in [0.5, 0.6) is 0 Å². The van der Waals surface area contributed by atoms with Crippen molar-refractivity contribution < 1.29 is 48.3 Å². The Bertz CT molecular complexity index is 1110. The van der Waals surface area contributed by atoms with Crippen LogP contribution >= 0.6 is 0 Å². The maximum Gasteiger partial charge on any atom is 0.331 e. The van der Waals surface area contributed by atoms with Gasteiger partial charge in [0.15, 0.2) is 0 Å². The van der Waals surface area contributed by atoms with E-state index in [0.717, 1.165) is 17.7 Å². The monoisotopic (exact) mass is 516 g/mol. The van der Waals surface area contributed by atoms with Gasteiger partial charge < -0.3 is 33.9 Å². The minimum absolute atomic E-state index is 0.132. The molecule has 0 amide bonds. The van der Waals surface area contributed by atoms with Crippen molar-refractivity contribution in [3.63, 3.8) is 0 Å². The molecular weight excluding hydrogens is 484 g/mol. The SMILES string of the molecule is CC1=C[C@@H]2O[C@H]3C[C@@H]4OC(=O)/C=C/C=C/C(=O)OC[C@@H](O)/C(C)=C/C(=O)OC[C@]2(C[C@@H]1O)[C@@]4(C)[C@]31CO1. The van der Waals surface area contributed by atoms with E-state index in [1.807, 2.05) is 19.9 Å². The van der Waals surface area contributed by atoms with Crippen LogP contribution in [-0.2, 0) is 38.1 Å². The minimum Gasteiger partial charge on any atom is -0.462 e. The Morgan fingerprint density at radius 1 is 0.892 bits per heavy atom. The Labute approximate surface area is 214 Å². The average Bonchev–Trinajstić information content (AvgIpc) is 3.63. The second-order valence-electron chi connectivity index (χ2n) is 10.7. The van der Waals surface area contributed by atoms with Crippen LogP contribution in [0.2, 0.25) is 0 Å². The quantitative estimate of drug-likeness (QED) is 0.208. The van der Waals surface area contributed by atoms with Crippen LogP contribution in [0.3, 0.4) is 0 Å². The number of cyclic esters (lactones) is 2. The highest BCUT2D eigenvalue weighted by Gasteiger charge is 2.83. The van der Waals surface area contributed by atoms with Gasteiger partial charge in [0.1, 0.15) is 31.0 Å². The number of aliphatic hydroxyl groups is 2. The molecule has 2 N–H and O–H groups in total. The second-order valence-corrected chi connectivity index (χ2v) is 10.7. The lowest BCUT2D eigenvalue weighted by molar-refractivity contribution is -0.238. The Morgan fingerprint density at radius 3 is 2.30 bits per heavy atom. The second kappa shape index (κ2) is 9.20. The molecule has 0 aromatic carbocycles. The highest BCUT2D eigenvalue weighted by Crippen LogP contribution is 2.72. The standard InChI is InChI=1S/C27H32O10/c1-15-8-20-26(11-17(15)28)13-34-24(32)9-16(2)18(29)12-33-22(30)6-4-5-7-23(31)37-19-10-21(36-20)27(14-35-27)25(19,26)3/h4-9,17-21,28-29H,10-14H2,1-3H3/b6-4+,7-5+,16-9+/t17-,18+,19-,20-,21-,25-,26-,27-/m0/s1. The van der Waals surface area contributed by atoms with Crippen LogP contribution < -0.4 is 0 Å². The number of carbonyl (C=O) groups excluding carboxylic acids is 3. The Morgan fingerprint density at radius 2 is 1.59 bits per heavy atom. The van der Waals surface area contributed by atoms with Crippen LogP contribution in [0.1, 0.15) is 33.6 Å². The zero-order valence-electron chi connectivity index (χ0n) is 21.0. The van der Waals surface area contributed by atoms with Crippen molar-refractivity contribution in [1.29, 1.82) is 0 Å². The molecule has 10 nitrogen and oxygen atoms in total. The van der Waals surface area contributed by atoms with Crippen molar-refractivity contribution in [3.8, 4) is 0 Å². The lowest BCUT2D eigenvalue weighted by Crippen LogP contribution is -2.68. The zero-order chi connectivity index (χ0) is 26.6. The fraction of sp³-hybridized carbons (Fsp3) is 0.593. The summed E-state index contributed by atoms with van der Waals surface area (Å²) in [5, 5.41) is 21.3. The molecule has 2 saturated heterocycles. The van der Waals surface area contributed by atoms with Crippen molar-refractivity contribution in [2.75, 3.05) is 19.8 Å². The number of carbonyl (C=O) groups is 3. The van der Waals surface area contributed by atoms with Gasteiger partial charge in [-0.1, -0.05) is 25.2 Å². The molecule has 0 radical (unpaired) electrons. The van der Waals surface area contributed by atoms with E-state index in [4.69, 9.17) is 23.7 Å². The maximum atomic E-state index is 12.8. The minimum atomic E-state index is -1.21. The molecule has 3 heterocycles. The number of rotatable bonds is 0. The average molecular weight is 517 g/mol. The van der Waals surface area contributed by atoms with Gasteiger partial charge in [0.2, 0.25) is 0 Å². The summed E-state index contributed by atoms with van der Waals surface area (Å²) in [6.45, 7) is 5.23. The largest absolute Gasteiger partial charge is 0.462 e. The van der Waals surface area contributed by atoms with Gasteiger partial charge in [-0.15, -0.1) is 0 Å². The van der Waals surface area contributed by atoms with Gasteiger partial charge >= 0.3 is 17.9 Å². The summed E-state index contributed by atoms with van der Waals surface area (Å²) in [4.78, 5) is 37.5. The van der Waals surface area contributed by atoms with Gasteiger partial charge in [0.25, 0.3) is 0 Å². The smallest absolute Gasteiger partial charge is 0.331 e. The summed E-state index contributed by atoms with van der Waals surface area (Å²) < 4.78 is 29.2. The molecule has 5 aliphatic rings. The predicted octanol–water partition coefficient (Wildman–Crippen LogP) is 1.06. The Kier molecular flexibility index (Phi) is 6.42. The van der Waals surface area contributed by atoms with Crippen molar-refractivity contribution >= 4 is 17.9 Å². The van der Waals surface area contributed by atoms with Crippen LogP contribution in [0.25, 0.3) is 0 Å². The highest BCUT2D eigenvalue weighted by molar-refractivity contribution is 5.85. The van der Waals surface area contributed by atoms with Crippen LogP contribution in [-0.4, -0.2) is 84.1 Å². The normalized spacial score (nSPS) is 47.2. The van der Waals surface area contributed by atoms with E-state index in [2.05, 4.69) is 0 Å². The first-order chi connectivity index (χ1) is 17.5. The third-order valence-electron chi connectivity index (χ3n) is 8.87. The van der Waals surface area contributed by atoms with E-state index in [1.54, 1.807) is 0 Å². The summed E-state index contributed by atoms with van der Waals surface area (Å²) in [5.74, 6) is -2.04. The summed E-state index contributed by atoms with van der Waals surface area (Å²) in [7, 11) is 0. The van der Waals surface area contributed by atoms with E-state index in [0.29, 0.717) is 13.0 Å². The Balaban J connectivity index is 1.56. The van der Waals surface area contributed by atoms with Gasteiger partial charge in [-0.05, 0) is 31.4 Å². The van der Waals surface area contributed by atoms with E-state index in [9.17, 15) is 24.6 Å². The number of ether oxygens (including phenoxy) is 5. The van der Waals surface area contributed by atoms with Gasteiger partial charge in [0.05, 0.1) is 30.3 Å². The molecule has 0 unspecified atom stereocenters. The molecule has 10 heteroatoms. The molecule has 2 spiro atoms. The lowest BCUT2D eigenvalue weighted by Gasteiger charge is -2.58. The van der Waals surface area contributed by atoms with Gasteiger partial charge in [-0.2, -0.15) is 0 Å². The molecule has 5 rings (SSSR count). The number of allylic oxidation sites excluding steroid dienone is 2. The molecule has 3 fully saturated rings. The van der Waals surface area contributed by atoms with Crippen LogP contribution in [0.15, 0.2) is 47.6 Å². The molecule has 0 aromatic heterocycles. The third-order valence-corrected chi connectivity index (χ3v) is 8.87. The molecule has 0 aromatic rings. The van der Waals surface area contributed by atoms with Gasteiger partial charge in [0, 0.05) is 30.1 Å². The van der Waals surface area contributed by atoms with E-state index in [-0.39, 0.29) is 31.3 Å². The third kappa shape index (κ3) is 4.06. The van der Waals surface area contributed by atoms with Crippen LogP contribution in [0.4, 0.5) is 0 Å². The number of epoxide rings is 1. The van der Waals surface area contributed by atoms with Crippen LogP contribution in [0, 0.1) is 10.8 Å². The molecule has 37 heavy (non-hydrogen) atoms. The number of esters is 3. The van der Waals surface area contributed by atoms with Crippen molar-refractivity contribution in [2.45, 2.75) is 69.7 Å².